The number of carbonyl (C=O) groups excluding carboxylic acids is 1. The molecule has 41 heavy (non-hydrogen) atoms. The molecule has 1 aromatic heterocycles. The minimum atomic E-state index is -0.978. The largest absolute Gasteiger partial charge is 0.379 e. The minimum absolute atomic E-state index is 0.0250. The number of hydrazone groups is 1. The van der Waals surface area contributed by atoms with Crippen molar-refractivity contribution in [2.45, 2.75) is 38.8 Å². The molecular formula is C29H33F2N7O3. The predicted molar refractivity (Wildman–Crippen MR) is 154 cm³/mol. The van der Waals surface area contributed by atoms with Gasteiger partial charge in [0.25, 0.3) is 11.5 Å². The first-order valence-electron chi connectivity index (χ1n) is 13.5. The van der Waals surface area contributed by atoms with Gasteiger partial charge in [0, 0.05) is 38.5 Å². The van der Waals surface area contributed by atoms with Gasteiger partial charge in [-0.1, -0.05) is 13.0 Å². The van der Waals surface area contributed by atoms with Crippen molar-refractivity contribution < 1.29 is 18.3 Å². The molecule has 0 unspecified atom stereocenters. The molecule has 5 rings (SSSR count). The van der Waals surface area contributed by atoms with Crippen LogP contribution in [0.15, 0.2) is 52.4 Å². The number of carbonyl (C=O) groups is 1. The second-order valence-corrected chi connectivity index (χ2v) is 10.5. The van der Waals surface area contributed by atoms with Crippen molar-refractivity contribution >= 4 is 29.7 Å². The topological polar surface area (TPSA) is 118 Å². The minimum Gasteiger partial charge on any atom is -0.379 e. The highest BCUT2D eigenvalue weighted by atomic mass is 19.1. The van der Waals surface area contributed by atoms with Gasteiger partial charge in [0.1, 0.15) is 11.4 Å². The van der Waals surface area contributed by atoms with E-state index in [1.807, 2.05) is 18.0 Å². The Balaban J connectivity index is 1.53. The van der Waals surface area contributed by atoms with Crippen LogP contribution in [-0.2, 0) is 4.74 Å². The number of para-hydroxylation sites is 1. The number of hydrogen-bond donors (Lipinski definition) is 2. The van der Waals surface area contributed by atoms with Crippen molar-refractivity contribution in [1.82, 2.24) is 9.78 Å². The van der Waals surface area contributed by atoms with E-state index in [-0.39, 0.29) is 23.7 Å². The van der Waals surface area contributed by atoms with Crippen LogP contribution < -0.4 is 26.5 Å². The fraction of sp³-hybridized carbons (Fsp3) is 0.379. The molecule has 0 bridgehead atoms. The molecule has 10 nitrogen and oxygen atoms in total. The monoisotopic (exact) mass is 565 g/mol. The molecule has 3 aromatic rings. The molecule has 2 fully saturated rings. The van der Waals surface area contributed by atoms with Crippen molar-refractivity contribution in [2.24, 2.45) is 16.8 Å². The third kappa shape index (κ3) is 5.57. The zero-order valence-corrected chi connectivity index (χ0v) is 23.0. The number of nitrogens with two attached hydrogens (primary N) is 1. The number of hydrogen-bond acceptors (Lipinski definition) is 8. The zero-order chi connectivity index (χ0) is 29.3. The maximum Gasteiger partial charge on any atom is 0.276 e. The summed E-state index contributed by atoms with van der Waals surface area (Å²) < 4.78 is 35.1. The van der Waals surface area contributed by atoms with Crippen LogP contribution in [0.3, 0.4) is 0 Å². The highest BCUT2D eigenvalue weighted by Gasteiger charge is 2.32. The molecule has 0 radical (unpaired) electrons. The third-order valence-electron chi connectivity index (χ3n) is 7.70. The van der Waals surface area contributed by atoms with Crippen LogP contribution in [0.25, 0.3) is 5.69 Å². The summed E-state index contributed by atoms with van der Waals surface area (Å²) in [5.74, 6) is -2.38. The van der Waals surface area contributed by atoms with Crippen LogP contribution in [0.5, 0.6) is 0 Å². The van der Waals surface area contributed by atoms with Crippen LogP contribution in [0.4, 0.5) is 25.8 Å². The van der Waals surface area contributed by atoms with E-state index in [1.165, 1.54) is 12.1 Å². The van der Waals surface area contributed by atoms with Gasteiger partial charge in [-0.05, 0) is 61.6 Å². The van der Waals surface area contributed by atoms with E-state index in [2.05, 4.69) is 34.1 Å². The molecule has 2 aliphatic rings. The van der Waals surface area contributed by atoms with E-state index in [1.54, 1.807) is 6.07 Å². The standard InChI is InChI=1S/C29H33F2N7O3/c1-17-14-36(15-22(17)32)27-18(2)25(37(33-3)19-6-5-13-41-16-19)11-9-23(27)34-29(40)24-10-12-26(39)38(35-24)28-20(30)7-4-8-21(28)31/h4,7-12,17,19,22H,3,5-6,13-16,32H2,1-2H3,(H,34,40)/t17-,19+,22-/m0/s1. The van der Waals surface area contributed by atoms with E-state index < -0.39 is 28.8 Å². The molecule has 216 valence electrons. The van der Waals surface area contributed by atoms with Crippen molar-refractivity contribution in [3.05, 3.63) is 75.7 Å². The summed E-state index contributed by atoms with van der Waals surface area (Å²) in [5, 5.41) is 13.0. The maximum absolute atomic E-state index is 14.4. The summed E-state index contributed by atoms with van der Waals surface area (Å²) >= 11 is 0. The van der Waals surface area contributed by atoms with Gasteiger partial charge in [-0.15, -0.1) is 0 Å². The van der Waals surface area contributed by atoms with E-state index in [0.29, 0.717) is 36.7 Å². The molecule has 2 aliphatic heterocycles. The Morgan fingerprint density at radius 2 is 1.93 bits per heavy atom. The summed E-state index contributed by atoms with van der Waals surface area (Å²) in [5.41, 5.74) is 7.70. The molecule has 3 atom stereocenters. The lowest BCUT2D eigenvalue weighted by Gasteiger charge is -2.34. The van der Waals surface area contributed by atoms with E-state index >= 15 is 0 Å². The predicted octanol–water partition coefficient (Wildman–Crippen LogP) is 3.46. The van der Waals surface area contributed by atoms with Crippen LogP contribution in [0.1, 0.15) is 35.8 Å². The van der Waals surface area contributed by atoms with Crippen molar-refractivity contribution in [3.8, 4) is 5.69 Å². The molecule has 2 aromatic carbocycles. The van der Waals surface area contributed by atoms with E-state index in [0.717, 1.165) is 48.0 Å². The Morgan fingerprint density at radius 3 is 2.56 bits per heavy atom. The summed E-state index contributed by atoms with van der Waals surface area (Å²) in [6, 6.07) is 9.08. The Hall–Kier alpha value is -4.16. The number of amides is 1. The number of halogens is 2. The lowest BCUT2D eigenvalue weighted by molar-refractivity contribution is 0.0794. The number of rotatable bonds is 7. The number of ether oxygens (including phenoxy) is 1. The van der Waals surface area contributed by atoms with Crippen molar-refractivity contribution in [1.29, 1.82) is 0 Å². The Labute approximate surface area is 236 Å². The fourth-order valence-electron chi connectivity index (χ4n) is 5.50. The van der Waals surface area contributed by atoms with E-state index in [9.17, 15) is 18.4 Å². The van der Waals surface area contributed by atoms with Crippen LogP contribution in [0.2, 0.25) is 0 Å². The molecule has 0 spiro atoms. The Morgan fingerprint density at radius 1 is 1.17 bits per heavy atom. The zero-order valence-electron chi connectivity index (χ0n) is 23.0. The quantitative estimate of drug-likeness (QED) is 0.333. The highest BCUT2D eigenvalue weighted by Crippen LogP contribution is 2.40. The summed E-state index contributed by atoms with van der Waals surface area (Å²) in [6.07, 6.45) is 1.82. The smallest absolute Gasteiger partial charge is 0.276 e. The molecule has 2 saturated heterocycles. The number of anilines is 3. The molecule has 1 amide bonds. The van der Waals surface area contributed by atoms with Gasteiger partial charge in [0.05, 0.1) is 29.7 Å². The van der Waals surface area contributed by atoms with Gasteiger partial charge in [-0.2, -0.15) is 14.9 Å². The molecule has 3 heterocycles. The van der Waals surface area contributed by atoms with Gasteiger partial charge in [0.15, 0.2) is 11.6 Å². The Bertz CT molecular complexity index is 1490. The van der Waals surface area contributed by atoms with Gasteiger partial charge in [-0.3, -0.25) is 14.6 Å². The molecule has 3 N–H and O–H groups in total. The van der Waals surface area contributed by atoms with Gasteiger partial charge < -0.3 is 20.7 Å². The number of nitrogens with zero attached hydrogens (tertiary/aromatic N) is 5. The second-order valence-electron chi connectivity index (χ2n) is 10.5. The Kier molecular flexibility index (Phi) is 8.13. The van der Waals surface area contributed by atoms with Gasteiger partial charge in [-0.25, -0.2) is 8.78 Å². The molecule has 12 heteroatoms. The summed E-state index contributed by atoms with van der Waals surface area (Å²) in [4.78, 5) is 28.0. The lowest BCUT2D eigenvalue weighted by atomic mass is 10.0. The van der Waals surface area contributed by atoms with Gasteiger partial charge >= 0.3 is 0 Å². The average Bonchev–Trinajstić information content (AvgIpc) is 3.28. The second kappa shape index (κ2) is 11.8. The molecular weight excluding hydrogens is 532 g/mol. The maximum atomic E-state index is 14.4. The molecule has 0 saturated carbocycles. The number of aromatic nitrogens is 2. The SMILES string of the molecule is C=NN(c1ccc(NC(=O)c2ccc(=O)n(-c3c(F)cccc3F)n2)c(N2C[C@H](C)[C@@H](N)C2)c1C)[C@@H]1CCCOC1. The highest BCUT2D eigenvalue weighted by molar-refractivity contribution is 6.05. The van der Waals surface area contributed by atoms with Crippen molar-refractivity contribution in [3.63, 3.8) is 0 Å². The van der Waals surface area contributed by atoms with Crippen LogP contribution >= 0.6 is 0 Å². The fourth-order valence-corrected chi connectivity index (χ4v) is 5.50. The third-order valence-corrected chi connectivity index (χ3v) is 7.70. The van der Waals surface area contributed by atoms with Crippen molar-refractivity contribution in [2.75, 3.05) is 41.5 Å². The summed E-state index contributed by atoms with van der Waals surface area (Å²) in [7, 11) is 0. The normalized spacial score (nSPS) is 20.6. The summed E-state index contributed by atoms with van der Waals surface area (Å²) in [6.45, 7) is 10.3. The average molecular weight is 566 g/mol. The van der Waals surface area contributed by atoms with Gasteiger partial charge in [0.2, 0.25) is 0 Å². The first-order valence-corrected chi connectivity index (χ1v) is 13.5. The number of nitrogens with one attached hydrogen (secondary N) is 1. The first kappa shape index (κ1) is 28.4. The van der Waals surface area contributed by atoms with Crippen LogP contribution in [0, 0.1) is 24.5 Å². The van der Waals surface area contributed by atoms with Crippen LogP contribution in [-0.4, -0.2) is 60.8 Å². The molecule has 0 aliphatic carbocycles. The first-order chi connectivity index (χ1) is 19.7. The number of benzene rings is 2. The lowest BCUT2D eigenvalue weighted by Crippen LogP contribution is -2.38. The van der Waals surface area contributed by atoms with E-state index in [4.69, 9.17) is 10.5 Å².